The predicted molar refractivity (Wildman–Crippen MR) is 114 cm³/mol. The number of halogens is 1. The molecule has 1 aliphatic heterocycles. The molecule has 1 saturated heterocycles. The quantitative estimate of drug-likeness (QED) is 0.707. The van der Waals surface area contributed by atoms with Gasteiger partial charge in [0.2, 0.25) is 10.0 Å². The molecule has 0 spiro atoms. The smallest absolute Gasteiger partial charge is 0.318 e. The molecule has 2 fully saturated rings. The number of amides is 2. The van der Waals surface area contributed by atoms with Gasteiger partial charge in [0.15, 0.2) is 5.13 Å². The van der Waals surface area contributed by atoms with Crippen molar-refractivity contribution in [1.29, 1.82) is 0 Å². The number of nitrogens with zero attached hydrogens (tertiary/aromatic N) is 3. The van der Waals surface area contributed by atoms with Crippen molar-refractivity contribution in [2.45, 2.75) is 70.4 Å². The van der Waals surface area contributed by atoms with E-state index in [1.54, 1.807) is 4.31 Å². The number of thiazole rings is 1. The second-order valence-corrected chi connectivity index (χ2v) is 11.3. The number of hydrogen-bond donors (Lipinski definition) is 1. The van der Waals surface area contributed by atoms with Crippen molar-refractivity contribution in [3.8, 4) is 0 Å². The van der Waals surface area contributed by atoms with E-state index in [1.165, 1.54) is 24.0 Å². The molecule has 2 aliphatic rings. The normalized spacial score (nSPS) is 20.2. The number of nitrogens with one attached hydrogen (secondary N) is 1. The Morgan fingerprint density at radius 3 is 2.46 bits per heavy atom. The number of aromatic nitrogens is 1. The number of piperidine rings is 1. The van der Waals surface area contributed by atoms with Gasteiger partial charge in [0.25, 0.3) is 0 Å². The second kappa shape index (κ2) is 9.73. The number of anilines is 1. The van der Waals surface area contributed by atoms with Gasteiger partial charge >= 0.3 is 6.03 Å². The van der Waals surface area contributed by atoms with E-state index in [9.17, 15) is 13.2 Å². The molecule has 158 valence electrons. The van der Waals surface area contributed by atoms with Gasteiger partial charge in [-0.05, 0) is 32.1 Å². The largest absolute Gasteiger partial charge is 0.324 e. The number of carbonyl (C=O) groups excluding carboxylic acids is 1. The molecule has 1 aromatic rings. The van der Waals surface area contributed by atoms with E-state index in [4.69, 9.17) is 11.6 Å². The fraction of sp³-hybridized carbons (Fsp3) is 0.778. The van der Waals surface area contributed by atoms with Crippen LogP contribution in [0.4, 0.5) is 9.93 Å². The van der Waals surface area contributed by atoms with E-state index in [2.05, 4.69) is 10.3 Å². The minimum Gasteiger partial charge on any atom is -0.318 e. The molecule has 1 aromatic heterocycles. The first-order chi connectivity index (χ1) is 13.4. The van der Waals surface area contributed by atoms with Crippen LogP contribution in [-0.4, -0.2) is 59.6 Å². The molecule has 2 amide bonds. The zero-order chi connectivity index (χ0) is 20.1. The monoisotopic (exact) mass is 448 g/mol. The zero-order valence-electron chi connectivity index (χ0n) is 16.3. The van der Waals surface area contributed by atoms with E-state index < -0.39 is 10.0 Å². The number of sulfonamides is 1. The van der Waals surface area contributed by atoms with Crippen LogP contribution in [0.15, 0.2) is 6.20 Å². The van der Waals surface area contributed by atoms with Crippen molar-refractivity contribution in [2.75, 3.05) is 24.2 Å². The Hall–Kier alpha value is -0.900. The summed E-state index contributed by atoms with van der Waals surface area (Å²) in [5.74, 6) is 0.190. The Labute approximate surface area is 176 Å². The standard InChI is InChI=1S/C18H29ClN4O3S2/c1-2-12-28(25,26)22-10-8-15(9-11-22)23(14-6-4-3-5-7-14)18(24)21-17-20-13-16(19)27-17/h13-15H,2-12H2,1H3,(H,20,21,24). The molecule has 28 heavy (non-hydrogen) atoms. The average molecular weight is 449 g/mol. The van der Waals surface area contributed by atoms with Crippen molar-refractivity contribution >= 4 is 44.1 Å². The highest BCUT2D eigenvalue weighted by atomic mass is 35.5. The molecule has 0 unspecified atom stereocenters. The third-order valence-corrected chi connectivity index (χ3v) is 8.67. The molecule has 0 atom stereocenters. The third kappa shape index (κ3) is 5.37. The zero-order valence-corrected chi connectivity index (χ0v) is 18.7. The van der Waals surface area contributed by atoms with Gasteiger partial charge in [0.05, 0.1) is 11.9 Å². The maximum Gasteiger partial charge on any atom is 0.324 e. The number of hydrogen-bond acceptors (Lipinski definition) is 5. The van der Waals surface area contributed by atoms with E-state index in [0.717, 1.165) is 25.7 Å². The molecule has 0 radical (unpaired) electrons. The van der Waals surface area contributed by atoms with Crippen LogP contribution in [0.5, 0.6) is 0 Å². The van der Waals surface area contributed by atoms with Gasteiger partial charge < -0.3 is 4.90 Å². The molecule has 0 bridgehead atoms. The Morgan fingerprint density at radius 2 is 1.89 bits per heavy atom. The van der Waals surface area contributed by atoms with Crippen LogP contribution in [0.1, 0.15) is 58.3 Å². The molecular formula is C18H29ClN4O3S2. The molecule has 1 saturated carbocycles. The summed E-state index contributed by atoms with van der Waals surface area (Å²) in [6.45, 7) is 2.84. The summed E-state index contributed by atoms with van der Waals surface area (Å²) in [5.41, 5.74) is 0. The summed E-state index contributed by atoms with van der Waals surface area (Å²) >= 11 is 7.18. The van der Waals surface area contributed by atoms with Crippen LogP contribution in [0.2, 0.25) is 4.34 Å². The lowest BCUT2D eigenvalue weighted by atomic mass is 9.91. The van der Waals surface area contributed by atoms with Crippen molar-refractivity contribution in [3.05, 3.63) is 10.5 Å². The molecule has 1 aliphatic carbocycles. The van der Waals surface area contributed by atoms with Crippen LogP contribution in [-0.2, 0) is 10.0 Å². The summed E-state index contributed by atoms with van der Waals surface area (Å²) in [7, 11) is -3.18. The first kappa shape index (κ1) is 21.8. The van der Waals surface area contributed by atoms with E-state index in [-0.39, 0.29) is 23.9 Å². The van der Waals surface area contributed by atoms with Crippen LogP contribution in [0.25, 0.3) is 0 Å². The minimum absolute atomic E-state index is 0.0478. The van der Waals surface area contributed by atoms with Crippen LogP contribution in [0, 0.1) is 0 Å². The lowest BCUT2D eigenvalue weighted by molar-refractivity contribution is 0.106. The van der Waals surface area contributed by atoms with Gasteiger partial charge in [-0.2, -0.15) is 0 Å². The van der Waals surface area contributed by atoms with E-state index in [0.29, 0.717) is 41.8 Å². The van der Waals surface area contributed by atoms with Crippen LogP contribution >= 0.6 is 22.9 Å². The first-order valence-corrected chi connectivity index (χ1v) is 12.9. The fourth-order valence-electron chi connectivity index (χ4n) is 4.24. The average Bonchev–Trinajstić information content (AvgIpc) is 3.08. The number of urea groups is 1. The maximum absolute atomic E-state index is 13.1. The predicted octanol–water partition coefficient (Wildman–Crippen LogP) is 4.17. The van der Waals surface area contributed by atoms with Crippen molar-refractivity contribution in [3.63, 3.8) is 0 Å². The Morgan fingerprint density at radius 1 is 1.25 bits per heavy atom. The summed E-state index contributed by atoms with van der Waals surface area (Å²) in [6.07, 6.45) is 8.96. The van der Waals surface area contributed by atoms with Crippen molar-refractivity contribution < 1.29 is 13.2 Å². The fourth-order valence-corrected chi connectivity index (χ4v) is 6.59. The Kier molecular flexibility index (Phi) is 7.58. The lowest BCUT2D eigenvalue weighted by Gasteiger charge is -2.43. The molecule has 10 heteroatoms. The first-order valence-electron chi connectivity index (χ1n) is 10.1. The Balaban J connectivity index is 1.69. The summed E-state index contributed by atoms with van der Waals surface area (Å²) in [5, 5.41) is 3.40. The topological polar surface area (TPSA) is 82.6 Å². The molecule has 2 heterocycles. The summed E-state index contributed by atoms with van der Waals surface area (Å²) in [4.78, 5) is 19.2. The Bertz CT molecular complexity index is 757. The van der Waals surface area contributed by atoms with E-state index >= 15 is 0 Å². The van der Waals surface area contributed by atoms with Gasteiger partial charge in [0, 0.05) is 25.2 Å². The summed E-state index contributed by atoms with van der Waals surface area (Å²) in [6, 6.07) is 0.104. The lowest BCUT2D eigenvalue weighted by Crippen LogP contribution is -2.54. The molecule has 3 rings (SSSR count). The van der Waals surface area contributed by atoms with Crippen LogP contribution < -0.4 is 5.32 Å². The van der Waals surface area contributed by atoms with Gasteiger partial charge in [-0.25, -0.2) is 22.5 Å². The number of carbonyl (C=O) groups is 1. The molecular weight excluding hydrogens is 420 g/mol. The third-order valence-electron chi connectivity index (χ3n) is 5.57. The minimum atomic E-state index is -3.18. The SMILES string of the molecule is CCCS(=O)(=O)N1CCC(N(C(=O)Nc2ncc(Cl)s2)C2CCCCC2)CC1. The highest BCUT2D eigenvalue weighted by Crippen LogP contribution is 2.30. The van der Waals surface area contributed by atoms with Gasteiger partial charge in [-0.3, -0.25) is 5.32 Å². The van der Waals surface area contributed by atoms with E-state index in [1.807, 2.05) is 11.8 Å². The highest BCUT2D eigenvalue weighted by Gasteiger charge is 2.36. The van der Waals surface area contributed by atoms with Gasteiger partial charge in [-0.1, -0.05) is 49.1 Å². The number of rotatable bonds is 6. The van der Waals surface area contributed by atoms with Gasteiger partial charge in [-0.15, -0.1) is 0 Å². The van der Waals surface area contributed by atoms with Crippen molar-refractivity contribution in [1.82, 2.24) is 14.2 Å². The molecule has 1 N–H and O–H groups in total. The maximum atomic E-state index is 13.1. The van der Waals surface area contributed by atoms with Gasteiger partial charge in [0.1, 0.15) is 4.34 Å². The second-order valence-electron chi connectivity index (χ2n) is 7.55. The molecule has 7 nitrogen and oxygen atoms in total. The van der Waals surface area contributed by atoms with Crippen LogP contribution in [0.3, 0.4) is 0 Å². The van der Waals surface area contributed by atoms with Crippen molar-refractivity contribution in [2.24, 2.45) is 0 Å². The molecule has 0 aromatic carbocycles. The highest BCUT2D eigenvalue weighted by molar-refractivity contribution is 7.89. The summed E-state index contributed by atoms with van der Waals surface area (Å²) < 4.78 is 26.8.